The Kier molecular flexibility index (Phi) is 3.74. The minimum absolute atomic E-state index is 0.0819. The Balaban J connectivity index is 1.73. The van der Waals surface area contributed by atoms with Crippen LogP contribution in [0.15, 0.2) is 47.5 Å². The molecular weight excluding hydrogens is 370 g/mol. The van der Waals surface area contributed by atoms with E-state index in [1.165, 1.54) is 11.3 Å². The van der Waals surface area contributed by atoms with E-state index in [1.807, 2.05) is 6.07 Å². The van der Waals surface area contributed by atoms with Crippen LogP contribution in [0.3, 0.4) is 0 Å². The summed E-state index contributed by atoms with van der Waals surface area (Å²) in [7, 11) is -3.79. The van der Waals surface area contributed by atoms with Crippen LogP contribution in [0, 0.1) is 0 Å². The molecule has 0 aliphatic carbocycles. The first-order chi connectivity index (χ1) is 12.2. The number of hydrogen-bond acceptors (Lipinski definition) is 6. The Labute approximate surface area is 154 Å². The van der Waals surface area contributed by atoms with Gasteiger partial charge >= 0.3 is 0 Å². The van der Waals surface area contributed by atoms with E-state index >= 15 is 0 Å². The van der Waals surface area contributed by atoms with Gasteiger partial charge in [0.15, 0.2) is 5.65 Å². The molecule has 3 aromatic heterocycles. The summed E-state index contributed by atoms with van der Waals surface area (Å²) in [5.74, 6) is 0.153. The van der Waals surface area contributed by atoms with E-state index in [1.54, 1.807) is 40.9 Å². The molecule has 0 aliphatic heterocycles. The quantitative estimate of drug-likeness (QED) is 0.582. The van der Waals surface area contributed by atoms with Crippen LogP contribution in [0.1, 0.15) is 25.8 Å². The van der Waals surface area contributed by atoms with Crippen molar-refractivity contribution in [3.63, 3.8) is 0 Å². The lowest BCUT2D eigenvalue weighted by Gasteiger charge is -2.13. The molecule has 3 heterocycles. The average molecular weight is 387 g/mol. The maximum Gasteiger partial charge on any atom is 0.264 e. The third kappa shape index (κ3) is 2.93. The Bertz CT molecular complexity index is 1220. The number of rotatable bonds is 3. The third-order valence-electron chi connectivity index (χ3n) is 3.85. The fraction of sp³-hybridized carbons (Fsp3) is 0.235. The van der Waals surface area contributed by atoms with Crippen molar-refractivity contribution in [2.75, 3.05) is 4.72 Å². The molecule has 0 unspecified atom stereocenters. The van der Waals surface area contributed by atoms with E-state index in [4.69, 9.17) is 0 Å². The molecule has 1 aromatic carbocycles. The molecule has 26 heavy (non-hydrogen) atoms. The molecule has 0 saturated heterocycles. The summed E-state index contributed by atoms with van der Waals surface area (Å²) in [5, 5.41) is 8.84. The van der Waals surface area contributed by atoms with Gasteiger partial charge in [0.25, 0.3) is 10.0 Å². The van der Waals surface area contributed by atoms with Gasteiger partial charge in [0.05, 0.1) is 20.1 Å². The van der Waals surface area contributed by atoms with E-state index in [2.05, 4.69) is 40.7 Å². The minimum Gasteiger partial charge on any atom is -0.268 e. The van der Waals surface area contributed by atoms with Gasteiger partial charge in [-0.3, -0.25) is 4.40 Å². The van der Waals surface area contributed by atoms with Crippen LogP contribution in [-0.2, 0) is 15.4 Å². The second-order valence-corrected chi connectivity index (χ2v) is 9.67. The lowest BCUT2D eigenvalue weighted by Crippen LogP contribution is -2.15. The Morgan fingerprint density at radius 3 is 2.69 bits per heavy atom. The van der Waals surface area contributed by atoms with Crippen molar-refractivity contribution in [1.29, 1.82) is 0 Å². The fourth-order valence-corrected chi connectivity index (χ4v) is 4.64. The number of pyridine rings is 1. The summed E-state index contributed by atoms with van der Waals surface area (Å²) in [5.41, 5.74) is 1.28. The highest BCUT2D eigenvalue weighted by atomic mass is 32.2. The Morgan fingerprint density at radius 2 is 1.92 bits per heavy atom. The number of benzene rings is 1. The van der Waals surface area contributed by atoms with Gasteiger partial charge in [-0.15, -0.1) is 21.5 Å². The van der Waals surface area contributed by atoms with Crippen molar-refractivity contribution in [1.82, 2.24) is 19.6 Å². The van der Waals surface area contributed by atoms with E-state index in [0.29, 0.717) is 5.65 Å². The molecule has 1 N–H and O–H groups in total. The zero-order valence-corrected chi connectivity index (χ0v) is 16.1. The van der Waals surface area contributed by atoms with Crippen LogP contribution in [0.5, 0.6) is 0 Å². The number of nitrogens with zero attached hydrogens (tertiary/aromatic N) is 4. The molecule has 0 atom stereocenters. The van der Waals surface area contributed by atoms with Gasteiger partial charge in [-0.1, -0.05) is 26.8 Å². The zero-order chi connectivity index (χ0) is 18.5. The number of nitrogens with one attached hydrogen (secondary N) is 1. The number of fused-ring (bicyclic) bond motifs is 2. The molecule has 9 heteroatoms. The number of aromatic nitrogens is 4. The first-order valence-corrected chi connectivity index (χ1v) is 10.3. The summed E-state index contributed by atoms with van der Waals surface area (Å²) >= 11 is 1.51. The van der Waals surface area contributed by atoms with Crippen LogP contribution in [0.25, 0.3) is 15.9 Å². The van der Waals surface area contributed by atoms with Crippen molar-refractivity contribution in [3.8, 4) is 0 Å². The molecule has 0 spiro atoms. The largest absolute Gasteiger partial charge is 0.268 e. The maximum absolute atomic E-state index is 12.8. The first kappa shape index (κ1) is 16.9. The summed E-state index contributed by atoms with van der Waals surface area (Å²) in [6.07, 6.45) is 1.70. The molecule has 134 valence electrons. The monoisotopic (exact) mass is 387 g/mol. The van der Waals surface area contributed by atoms with Gasteiger partial charge in [0, 0.05) is 11.6 Å². The van der Waals surface area contributed by atoms with Gasteiger partial charge in [0.2, 0.25) is 5.95 Å². The topological polar surface area (TPSA) is 89.2 Å². The summed E-state index contributed by atoms with van der Waals surface area (Å²) in [6.45, 7) is 6.25. The molecule has 0 amide bonds. The zero-order valence-electron chi connectivity index (χ0n) is 14.5. The van der Waals surface area contributed by atoms with Gasteiger partial charge in [-0.2, -0.15) is 0 Å². The van der Waals surface area contributed by atoms with Crippen LogP contribution in [0.2, 0.25) is 0 Å². The van der Waals surface area contributed by atoms with E-state index < -0.39 is 10.0 Å². The highest BCUT2D eigenvalue weighted by molar-refractivity contribution is 7.92. The fourth-order valence-electron chi connectivity index (χ4n) is 2.48. The normalized spacial score (nSPS) is 12.7. The second-order valence-electron chi connectivity index (χ2n) is 6.96. The second kappa shape index (κ2) is 5.75. The van der Waals surface area contributed by atoms with Crippen molar-refractivity contribution in [3.05, 3.63) is 47.6 Å². The number of thiazole rings is 1. The van der Waals surface area contributed by atoms with Crippen LogP contribution >= 0.6 is 11.3 Å². The van der Waals surface area contributed by atoms with E-state index in [0.717, 1.165) is 15.2 Å². The average Bonchev–Trinajstić information content (AvgIpc) is 3.18. The summed E-state index contributed by atoms with van der Waals surface area (Å²) in [4.78, 5) is 4.77. The lowest BCUT2D eigenvalue weighted by molar-refractivity contribution is 0.587. The number of anilines is 1. The molecule has 4 aromatic rings. The molecule has 7 nitrogen and oxygen atoms in total. The minimum atomic E-state index is -3.79. The summed E-state index contributed by atoms with van der Waals surface area (Å²) < 4.78 is 30.5. The van der Waals surface area contributed by atoms with Crippen molar-refractivity contribution in [2.45, 2.75) is 31.1 Å². The molecule has 0 aliphatic rings. The maximum atomic E-state index is 12.8. The predicted octanol–water partition coefficient (Wildman–Crippen LogP) is 3.44. The van der Waals surface area contributed by atoms with Gasteiger partial charge in [-0.25, -0.2) is 18.1 Å². The van der Waals surface area contributed by atoms with E-state index in [-0.39, 0.29) is 16.3 Å². The molecule has 4 rings (SSSR count). The SMILES string of the molecule is CC(C)(C)c1nc2ccc(S(=O)(=O)Nc3nnc4ccccn34)cc2s1. The highest BCUT2D eigenvalue weighted by Crippen LogP contribution is 2.32. The Morgan fingerprint density at radius 1 is 1.12 bits per heavy atom. The smallest absolute Gasteiger partial charge is 0.264 e. The summed E-state index contributed by atoms with van der Waals surface area (Å²) in [6, 6.07) is 10.3. The van der Waals surface area contributed by atoms with Crippen LogP contribution in [-0.4, -0.2) is 28.0 Å². The van der Waals surface area contributed by atoms with Crippen molar-refractivity contribution in [2.24, 2.45) is 0 Å². The predicted molar refractivity (Wildman–Crippen MR) is 102 cm³/mol. The molecule has 0 radical (unpaired) electrons. The molecule has 0 saturated carbocycles. The van der Waals surface area contributed by atoms with Crippen LogP contribution in [0.4, 0.5) is 5.95 Å². The number of sulfonamides is 1. The number of hydrogen-bond donors (Lipinski definition) is 1. The van der Waals surface area contributed by atoms with E-state index in [9.17, 15) is 8.42 Å². The van der Waals surface area contributed by atoms with Gasteiger partial charge in [-0.05, 0) is 30.3 Å². The van der Waals surface area contributed by atoms with Crippen molar-refractivity contribution >= 4 is 43.2 Å². The standard InChI is InChI=1S/C17H17N5O2S2/c1-17(2,3)15-18-12-8-7-11(10-13(12)25-15)26(23,24)21-16-20-19-14-6-4-5-9-22(14)16/h4-10H,1-3H3,(H,20,21). The van der Waals surface area contributed by atoms with Crippen molar-refractivity contribution < 1.29 is 8.42 Å². The molecule has 0 fully saturated rings. The first-order valence-electron chi connectivity index (χ1n) is 7.98. The van der Waals surface area contributed by atoms with Gasteiger partial charge in [0.1, 0.15) is 0 Å². The molecular formula is C17H17N5O2S2. The highest BCUT2D eigenvalue weighted by Gasteiger charge is 2.22. The Hall–Kier alpha value is -2.52. The lowest BCUT2D eigenvalue weighted by atomic mass is 9.98. The van der Waals surface area contributed by atoms with Gasteiger partial charge < -0.3 is 0 Å². The molecule has 0 bridgehead atoms. The third-order valence-corrected chi connectivity index (χ3v) is 6.62. The van der Waals surface area contributed by atoms with Crippen LogP contribution < -0.4 is 4.72 Å².